The molecule has 0 bridgehead atoms. The van der Waals surface area contributed by atoms with Crippen LogP contribution in [0.4, 0.5) is 22.7 Å². The van der Waals surface area contributed by atoms with E-state index in [4.69, 9.17) is 0 Å². The maximum Gasteiger partial charge on any atom is 0.0576 e. The molecule has 2 unspecified atom stereocenters. The van der Waals surface area contributed by atoms with Crippen LogP contribution in [-0.2, 0) is 0 Å². The summed E-state index contributed by atoms with van der Waals surface area (Å²) in [6, 6.07) is 27.7. The molecule has 260 valence electrons. The van der Waals surface area contributed by atoms with Crippen molar-refractivity contribution in [1.82, 2.24) is 0 Å². The van der Waals surface area contributed by atoms with Gasteiger partial charge in [0.25, 0.3) is 0 Å². The summed E-state index contributed by atoms with van der Waals surface area (Å²) < 4.78 is 0. The Morgan fingerprint density at radius 2 is 1.56 bits per heavy atom. The fourth-order valence-electron chi connectivity index (χ4n) is 7.87. The van der Waals surface area contributed by atoms with Crippen LogP contribution in [0.1, 0.15) is 108 Å². The average Bonchev–Trinajstić information content (AvgIpc) is 3.34. The Bertz CT molecular complexity index is 1890. The molecule has 0 heterocycles. The van der Waals surface area contributed by atoms with Gasteiger partial charge in [-0.3, -0.25) is 0 Å². The third kappa shape index (κ3) is 7.55. The first kappa shape index (κ1) is 35.5. The third-order valence-corrected chi connectivity index (χ3v) is 11.1. The number of hydrogen-bond acceptors (Lipinski definition) is 2. The molecular formula is C48H58N2. The second kappa shape index (κ2) is 15.7. The van der Waals surface area contributed by atoms with Crippen molar-refractivity contribution < 1.29 is 0 Å². The quantitative estimate of drug-likeness (QED) is 0.123. The highest BCUT2D eigenvalue weighted by molar-refractivity contribution is 6.10. The molecule has 2 heteroatoms. The van der Waals surface area contributed by atoms with Crippen molar-refractivity contribution >= 4 is 39.6 Å². The molecule has 0 amide bonds. The molecule has 2 nitrogen and oxygen atoms in total. The van der Waals surface area contributed by atoms with Gasteiger partial charge in [0.05, 0.1) is 11.4 Å². The molecule has 0 radical (unpaired) electrons. The second-order valence-electron chi connectivity index (χ2n) is 15.5. The highest BCUT2D eigenvalue weighted by Crippen LogP contribution is 2.50. The molecule has 0 N–H and O–H groups in total. The smallest absolute Gasteiger partial charge is 0.0576 e. The van der Waals surface area contributed by atoms with Crippen molar-refractivity contribution in [2.45, 2.75) is 105 Å². The zero-order chi connectivity index (χ0) is 35.4. The molecule has 2 atom stereocenters. The minimum Gasteiger partial charge on any atom is -0.341 e. The van der Waals surface area contributed by atoms with E-state index in [1.807, 2.05) is 0 Å². The number of fused-ring (bicyclic) bond motifs is 1. The Morgan fingerprint density at radius 1 is 0.820 bits per heavy atom. The summed E-state index contributed by atoms with van der Waals surface area (Å²) in [6.45, 7) is 20.6. The van der Waals surface area contributed by atoms with Crippen LogP contribution in [0.3, 0.4) is 0 Å². The van der Waals surface area contributed by atoms with E-state index >= 15 is 0 Å². The van der Waals surface area contributed by atoms with Crippen molar-refractivity contribution in [3.8, 4) is 0 Å². The first-order valence-corrected chi connectivity index (χ1v) is 19.2. The maximum atomic E-state index is 4.50. The predicted molar refractivity (Wildman–Crippen MR) is 220 cm³/mol. The first-order chi connectivity index (χ1) is 24.1. The summed E-state index contributed by atoms with van der Waals surface area (Å²) in [4.78, 5) is 5.31. The lowest BCUT2D eigenvalue weighted by Gasteiger charge is -2.40. The number of aryl methyl sites for hydroxylation is 1. The van der Waals surface area contributed by atoms with Gasteiger partial charge in [-0.25, -0.2) is 0 Å². The Kier molecular flexibility index (Phi) is 11.2. The topological polar surface area (TPSA) is 6.48 Å². The number of benzene rings is 4. The first-order valence-electron chi connectivity index (χ1n) is 19.2. The Hall–Kier alpha value is -4.30. The lowest BCUT2D eigenvalue weighted by atomic mass is 9.88. The van der Waals surface area contributed by atoms with Crippen LogP contribution in [0.25, 0.3) is 16.8 Å². The van der Waals surface area contributed by atoms with E-state index in [1.165, 1.54) is 87.9 Å². The second-order valence-corrected chi connectivity index (χ2v) is 15.5. The van der Waals surface area contributed by atoms with Crippen molar-refractivity contribution in [2.24, 2.45) is 11.8 Å². The van der Waals surface area contributed by atoms with E-state index in [1.54, 1.807) is 0 Å². The summed E-state index contributed by atoms with van der Waals surface area (Å²) in [5.41, 5.74) is 12.8. The molecule has 0 spiro atoms. The highest BCUT2D eigenvalue weighted by Gasteiger charge is 2.31. The van der Waals surface area contributed by atoms with E-state index in [0.29, 0.717) is 17.9 Å². The molecule has 0 aliphatic heterocycles. The molecule has 4 aromatic rings. The Morgan fingerprint density at radius 3 is 2.24 bits per heavy atom. The summed E-state index contributed by atoms with van der Waals surface area (Å²) >= 11 is 0. The molecule has 50 heavy (non-hydrogen) atoms. The predicted octanol–water partition coefficient (Wildman–Crippen LogP) is 14.3. The molecule has 0 aromatic heterocycles. The number of nitrogens with zero attached hydrogens (tertiary/aromatic N) is 2. The van der Waals surface area contributed by atoms with Gasteiger partial charge in [-0.1, -0.05) is 132 Å². The zero-order valence-corrected chi connectivity index (χ0v) is 31.7. The number of hydrogen-bond donors (Lipinski definition) is 0. The molecule has 0 saturated heterocycles. The van der Waals surface area contributed by atoms with Crippen LogP contribution in [0, 0.1) is 25.7 Å². The van der Waals surface area contributed by atoms with Crippen molar-refractivity contribution in [2.75, 3.05) is 9.80 Å². The molecule has 6 rings (SSSR count). The molecule has 1 saturated carbocycles. The van der Waals surface area contributed by atoms with E-state index in [9.17, 15) is 0 Å². The van der Waals surface area contributed by atoms with Crippen LogP contribution in [0.5, 0.6) is 0 Å². The summed E-state index contributed by atoms with van der Waals surface area (Å²) in [5, 5.41) is 2.64. The molecule has 2 aliphatic rings. The number of anilines is 4. The average molecular weight is 663 g/mol. The van der Waals surface area contributed by atoms with Crippen LogP contribution in [-0.4, -0.2) is 6.04 Å². The van der Waals surface area contributed by atoms with E-state index in [0.717, 1.165) is 30.0 Å². The normalized spacial score (nSPS) is 18.1. The molecule has 4 aromatic carbocycles. The summed E-state index contributed by atoms with van der Waals surface area (Å²) in [7, 11) is 0. The van der Waals surface area contributed by atoms with Gasteiger partial charge in [0.2, 0.25) is 0 Å². The van der Waals surface area contributed by atoms with Crippen LogP contribution in [0.2, 0.25) is 0 Å². The van der Waals surface area contributed by atoms with Gasteiger partial charge in [0, 0.05) is 39.4 Å². The van der Waals surface area contributed by atoms with Crippen molar-refractivity contribution in [3.63, 3.8) is 0 Å². The minimum absolute atomic E-state index is 0.376. The van der Waals surface area contributed by atoms with Gasteiger partial charge in [-0.15, -0.1) is 0 Å². The summed E-state index contributed by atoms with van der Waals surface area (Å²) in [6.07, 6.45) is 20.2. The minimum atomic E-state index is 0.376. The number of para-hydroxylation sites is 1. The van der Waals surface area contributed by atoms with Gasteiger partial charge >= 0.3 is 0 Å². The lowest BCUT2D eigenvalue weighted by Crippen LogP contribution is -2.36. The highest BCUT2D eigenvalue weighted by atomic mass is 15.2. The standard InChI is InChI=1S/C48H58N2/c1-33(2)37(7)25-30-44-38(8)47(49(40-17-11-9-12-18-40)43-28-23-36(6)24-29-43)45-31-26-39(34(3)4)32-46(45)48(44)50(41-19-13-10-14-20-41)42-21-15-16-35(5)22-27-42/h9-13,17-19,23-26,28-35,42H,7,14-16,20-22,27H2,1-6,8H3/b30-25-. The van der Waals surface area contributed by atoms with Gasteiger partial charge in [-0.05, 0) is 111 Å². The van der Waals surface area contributed by atoms with Crippen molar-refractivity contribution in [1.29, 1.82) is 0 Å². The van der Waals surface area contributed by atoms with Crippen LogP contribution >= 0.6 is 0 Å². The SMILES string of the molecule is C=C(/C=C\c1c(C)c(N(c2ccccc2)c2ccc(C)cc2)c2ccc(C(C)C)cc2c1N(C1=CC=CCC1)C1CCCC(C)CC1)C(C)C. The fourth-order valence-corrected chi connectivity index (χ4v) is 7.87. The molecule has 2 aliphatic carbocycles. The largest absolute Gasteiger partial charge is 0.341 e. The number of rotatable bonds is 10. The van der Waals surface area contributed by atoms with Crippen molar-refractivity contribution in [3.05, 3.63) is 137 Å². The van der Waals surface area contributed by atoms with Crippen LogP contribution in [0.15, 0.2) is 115 Å². The van der Waals surface area contributed by atoms with Gasteiger partial charge in [0.15, 0.2) is 0 Å². The Balaban J connectivity index is 1.75. The number of allylic oxidation sites excluding steroid dienone is 6. The Labute approximate surface area is 302 Å². The summed E-state index contributed by atoms with van der Waals surface area (Å²) in [5.74, 6) is 1.57. The van der Waals surface area contributed by atoms with Crippen LogP contribution < -0.4 is 9.80 Å². The maximum absolute atomic E-state index is 4.50. The fraction of sp³-hybridized carbons (Fsp3) is 0.375. The van der Waals surface area contributed by atoms with Gasteiger partial charge in [0.1, 0.15) is 0 Å². The zero-order valence-electron chi connectivity index (χ0n) is 31.7. The monoisotopic (exact) mass is 662 g/mol. The lowest BCUT2D eigenvalue weighted by molar-refractivity contribution is 0.494. The van der Waals surface area contributed by atoms with E-state index < -0.39 is 0 Å². The third-order valence-electron chi connectivity index (χ3n) is 11.1. The molecular weight excluding hydrogens is 605 g/mol. The van der Waals surface area contributed by atoms with Gasteiger partial charge < -0.3 is 9.80 Å². The van der Waals surface area contributed by atoms with Gasteiger partial charge in [-0.2, -0.15) is 0 Å². The van der Waals surface area contributed by atoms with E-state index in [-0.39, 0.29) is 0 Å². The van der Waals surface area contributed by atoms with E-state index in [2.05, 4.69) is 168 Å². The molecule has 1 fully saturated rings.